The summed E-state index contributed by atoms with van der Waals surface area (Å²) in [5.74, 6) is -0.817. The van der Waals surface area contributed by atoms with E-state index in [0.717, 1.165) is 22.2 Å². The maximum atomic E-state index is 12.2. The summed E-state index contributed by atoms with van der Waals surface area (Å²) in [6.07, 6.45) is 3.55. The first-order valence-electron chi connectivity index (χ1n) is 8.21. The predicted molar refractivity (Wildman–Crippen MR) is 100 cm³/mol. The highest BCUT2D eigenvalue weighted by molar-refractivity contribution is 5.94. The van der Waals surface area contributed by atoms with E-state index in [1.165, 1.54) is 0 Å². The van der Waals surface area contributed by atoms with Gasteiger partial charge in [0.2, 0.25) is 0 Å². The average molecular weight is 343 g/mol. The van der Waals surface area contributed by atoms with Gasteiger partial charge in [0.1, 0.15) is 5.65 Å². The van der Waals surface area contributed by atoms with Crippen LogP contribution in [0.5, 0.6) is 0 Å². The minimum atomic E-state index is -1.90. The molecule has 0 radical (unpaired) electrons. The normalized spacial score (nSPS) is 13.4. The maximum Gasteiger partial charge on any atom is 0.258 e. The van der Waals surface area contributed by atoms with Gasteiger partial charge in [-0.1, -0.05) is 48.5 Å². The minimum absolute atomic E-state index is 0.425. The number of benzene rings is 2. The molecule has 0 aliphatic heterocycles. The Morgan fingerprint density at radius 2 is 1.77 bits per heavy atom. The zero-order valence-corrected chi connectivity index (χ0v) is 13.9. The summed E-state index contributed by atoms with van der Waals surface area (Å²) in [4.78, 5) is 19.6. The molecule has 2 heterocycles. The topological polar surface area (TPSA) is 92.0 Å². The Labute approximate surface area is 150 Å². The van der Waals surface area contributed by atoms with E-state index in [4.69, 9.17) is 5.73 Å². The summed E-state index contributed by atoms with van der Waals surface area (Å²) in [7, 11) is 0. The number of rotatable bonds is 4. The van der Waals surface area contributed by atoms with Gasteiger partial charge in [0.05, 0.1) is 0 Å². The van der Waals surface area contributed by atoms with Crippen molar-refractivity contribution in [3.8, 4) is 11.1 Å². The standard InChI is InChI=1S/C21H17N3O2/c22-20(25)21(26,15-6-2-1-3-7-15)16-8-4-5-14(13-16)17-9-11-23-19-18(17)10-12-24-19/h1-13,26H,(H2,22,25)(H,23,24). The Morgan fingerprint density at radius 3 is 2.54 bits per heavy atom. The molecule has 0 aliphatic rings. The van der Waals surface area contributed by atoms with Crippen molar-refractivity contribution in [3.05, 3.63) is 90.3 Å². The number of aliphatic hydroxyl groups is 1. The highest BCUT2D eigenvalue weighted by atomic mass is 16.3. The molecule has 1 unspecified atom stereocenters. The van der Waals surface area contributed by atoms with Crippen molar-refractivity contribution in [3.63, 3.8) is 0 Å². The van der Waals surface area contributed by atoms with Gasteiger partial charge in [0.15, 0.2) is 5.60 Å². The number of carbonyl (C=O) groups is 1. The number of hydrogen-bond acceptors (Lipinski definition) is 3. The molecule has 5 nitrogen and oxygen atoms in total. The van der Waals surface area contributed by atoms with Crippen LogP contribution in [0.15, 0.2) is 79.1 Å². The van der Waals surface area contributed by atoms with Gasteiger partial charge in [-0.25, -0.2) is 4.98 Å². The van der Waals surface area contributed by atoms with Crippen molar-refractivity contribution in [2.75, 3.05) is 0 Å². The Hall–Kier alpha value is -3.44. The highest BCUT2D eigenvalue weighted by Gasteiger charge is 2.38. The third kappa shape index (κ3) is 2.46. The van der Waals surface area contributed by atoms with E-state index in [0.29, 0.717) is 11.1 Å². The number of aromatic amines is 1. The van der Waals surface area contributed by atoms with Gasteiger partial charge in [-0.15, -0.1) is 0 Å². The Balaban J connectivity index is 1.90. The molecule has 0 saturated carbocycles. The van der Waals surface area contributed by atoms with Gasteiger partial charge < -0.3 is 15.8 Å². The largest absolute Gasteiger partial charge is 0.372 e. The molecule has 5 heteroatoms. The molecule has 0 saturated heterocycles. The summed E-state index contributed by atoms with van der Waals surface area (Å²) < 4.78 is 0. The lowest BCUT2D eigenvalue weighted by Gasteiger charge is -2.26. The van der Waals surface area contributed by atoms with Crippen LogP contribution in [0.3, 0.4) is 0 Å². The van der Waals surface area contributed by atoms with Crippen LogP contribution in [0.25, 0.3) is 22.2 Å². The van der Waals surface area contributed by atoms with Crippen LogP contribution in [-0.4, -0.2) is 21.0 Å². The van der Waals surface area contributed by atoms with E-state index in [-0.39, 0.29) is 0 Å². The predicted octanol–water partition coefficient (Wildman–Crippen LogP) is 2.95. The second-order valence-electron chi connectivity index (χ2n) is 6.12. The summed E-state index contributed by atoms with van der Waals surface area (Å²) >= 11 is 0. The second kappa shape index (κ2) is 6.13. The van der Waals surface area contributed by atoms with Gasteiger partial charge in [-0.3, -0.25) is 4.79 Å². The number of hydrogen-bond donors (Lipinski definition) is 3. The smallest absolute Gasteiger partial charge is 0.258 e. The SMILES string of the molecule is NC(=O)C(O)(c1ccccc1)c1cccc(-c2ccnc3[nH]ccc23)c1. The molecule has 128 valence electrons. The molecular formula is C21H17N3O2. The second-order valence-corrected chi connectivity index (χ2v) is 6.12. The number of pyridine rings is 1. The van der Waals surface area contributed by atoms with Crippen LogP contribution in [0.1, 0.15) is 11.1 Å². The number of primary amides is 1. The molecule has 2 aromatic heterocycles. The fourth-order valence-corrected chi connectivity index (χ4v) is 3.25. The van der Waals surface area contributed by atoms with Crippen molar-refractivity contribution >= 4 is 16.9 Å². The van der Waals surface area contributed by atoms with E-state index in [2.05, 4.69) is 9.97 Å². The molecule has 4 aromatic rings. The molecule has 2 aromatic carbocycles. The molecular weight excluding hydrogens is 326 g/mol. The molecule has 0 bridgehead atoms. The maximum absolute atomic E-state index is 12.2. The van der Waals surface area contributed by atoms with Crippen LogP contribution in [0.4, 0.5) is 0 Å². The molecule has 0 spiro atoms. The van der Waals surface area contributed by atoms with Gasteiger partial charge >= 0.3 is 0 Å². The van der Waals surface area contributed by atoms with E-state index < -0.39 is 11.5 Å². The zero-order chi connectivity index (χ0) is 18.1. The average Bonchev–Trinajstić information content (AvgIpc) is 3.17. The van der Waals surface area contributed by atoms with Crippen molar-refractivity contribution in [2.24, 2.45) is 5.73 Å². The minimum Gasteiger partial charge on any atom is -0.372 e. The monoisotopic (exact) mass is 343 g/mol. The number of carbonyl (C=O) groups excluding carboxylic acids is 1. The Morgan fingerprint density at radius 1 is 1.00 bits per heavy atom. The van der Waals surface area contributed by atoms with Gasteiger partial charge in [-0.05, 0) is 40.5 Å². The fraction of sp³-hybridized carbons (Fsp3) is 0.0476. The molecule has 0 aliphatic carbocycles. The van der Waals surface area contributed by atoms with Crippen LogP contribution < -0.4 is 5.73 Å². The van der Waals surface area contributed by atoms with Crippen LogP contribution in [-0.2, 0) is 10.4 Å². The molecule has 1 atom stereocenters. The molecule has 4 N–H and O–H groups in total. The first-order chi connectivity index (χ1) is 12.6. The fourth-order valence-electron chi connectivity index (χ4n) is 3.25. The van der Waals surface area contributed by atoms with Crippen molar-refractivity contribution in [1.29, 1.82) is 0 Å². The van der Waals surface area contributed by atoms with Crippen LogP contribution in [0.2, 0.25) is 0 Å². The van der Waals surface area contributed by atoms with Crippen molar-refractivity contribution in [2.45, 2.75) is 5.60 Å². The number of nitrogens with zero attached hydrogens (tertiary/aromatic N) is 1. The first kappa shape index (κ1) is 16.1. The van der Waals surface area contributed by atoms with E-state index in [9.17, 15) is 9.90 Å². The van der Waals surface area contributed by atoms with E-state index in [1.807, 2.05) is 30.5 Å². The molecule has 26 heavy (non-hydrogen) atoms. The lowest BCUT2D eigenvalue weighted by Crippen LogP contribution is -2.42. The molecule has 1 amide bonds. The van der Waals surface area contributed by atoms with Crippen molar-refractivity contribution < 1.29 is 9.90 Å². The number of nitrogens with one attached hydrogen (secondary N) is 1. The van der Waals surface area contributed by atoms with E-state index in [1.54, 1.807) is 48.7 Å². The number of amides is 1. The van der Waals surface area contributed by atoms with Gasteiger partial charge in [0.25, 0.3) is 5.91 Å². The number of H-pyrrole nitrogens is 1. The highest BCUT2D eigenvalue weighted by Crippen LogP contribution is 2.34. The zero-order valence-electron chi connectivity index (χ0n) is 13.9. The number of aromatic nitrogens is 2. The summed E-state index contributed by atoms with van der Waals surface area (Å²) in [6, 6.07) is 19.8. The summed E-state index contributed by atoms with van der Waals surface area (Å²) in [6.45, 7) is 0. The Bertz CT molecular complexity index is 1090. The Kier molecular flexibility index (Phi) is 3.78. The quantitative estimate of drug-likeness (QED) is 0.532. The van der Waals surface area contributed by atoms with Gasteiger partial charge in [0, 0.05) is 17.8 Å². The van der Waals surface area contributed by atoms with Crippen LogP contribution in [0, 0.1) is 0 Å². The number of nitrogens with two attached hydrogens (primary N) is 1. The molecule has 0 fully saturated rings. The van der Waals surface area contributed by atoms with Gasteiger partial charge in [-0.2, -0.15) is 0 Å². The first-order valence-corrected chi connectivity index (χ1v) is 8.21. The van der Waals surface area contributed by atoms with E-state index >= 15 is 0 Å². The summed E-state index contributed by atoms with van der Waals surface area (Å²) in [5, 5.41) is 12.1. The third-order valence-electron chi connectivity index (χ3n) is 4.60. The van der Waals surface area contributed by atoms with Crippen molar-refractivity contribution in [1.82, 2.24) is 9.97 Å². The van der Waals surface area contributed by atoms with Crippen LogP contribution >= 0.6 is 0 Å². The lowest BCUT2D eigenvalue weighted by molar-refractivity contribution is -0.133. The third-order valence-corrected chi connectivity index (χ3v) is 4.60. The molecule has 4 rings (SSSR count). The summed E-state index contributed by atoms with van der Waals surface area (Å²) in [5.41, 5.74) is 7.16. The lowest BCUT2D eigenvalue weighted by atomic mass is 9.84. The number of fused-ring (bicyclic) bond motifs is 1.